The summed E-state index contributed by atoms with van der Waals surface area (Å²) >= 11 is 0. The number of benzene rings is 3. The minimum absolute atomic E-state index is 0.128. The van der Waals surface area contributed by atoms with E-state index < -0.39 is 4.92 Å². The molecule has 0 amide bonds. The Bertz CT molecular complexity index is 1240. The van der Waals surface area contributed by atoms with Crippen molar-refractivity contribution >= 4 is 39.5 Å². The molecule has 8 nitrogen and oxygen atoms in total. The number of hydrogen-bond donors (Lipinski definition) is 1. The third kappa shape index (κ3) is 4.15. The molecule has 1 aromatic heterocycles. The maximum atomic E-state index is 12.1. The lowest BCUT2D eigenvalue weighted by Gasteiger charge is -2.24. The summed E-state index contributed by atoms with van der Waals surface area (Å²) in [5.41, 5.74) is 1.32. The number of fused-ring (bicyclic) bond motifs is 1. The zero-order valence-corrected chi connectivity index (χ0v) is 17.9. The third-order valence-electron chi connectivity index (χ3n) is 5.04. The molecule has 32 heavy (non-hydrogen) atoms. The fraction of sp³-hybridized carbons (Fsp3) is 0.167. The molecule has 1 heterocycles. The van der Waals surface area contributed by atoms with E-state index in [1.54, 1.807) is 24.3 Å². The number of nitrogens with one attached hydrogen (secondary N) is 1. The summed E-state index contributed by atoms with van der Waals surface area (Å²) in [6, 6.07) is 21.0. The van der Waals surface area contributed by atoms with Gasteiger partial charge in [-0.15, -0.1) is 0 Å². The normalized spacial score (nSPS) is 10.7. The summed E-state index contributed by atoms with van der Waals surface area (Å²) in [6.07, 6.45) is 1.34. The predicted molar refractivity (Wildman–Crippen MR) is 126 cm³/mol. The fourth-order valence-corrected chi connectivity index (χ4v) is 3.64. The highest BCUT2D eigenvalue weighted by molar-refractivity contribution is 5.97. The SMILES string of the molecule is CCOc1ccc(Nc2ncnc(N(CC)c3cccc4ccccc34)c2[N+](=O)[O-])cc1. The van der Waals surface area contributed by atoms with Crippen LogP contribution in [0.3, 0.4) is 0 Å². The highest BCUT2D eigenvalue weighted by atomic mass is 16.6. The molecule has 0 atom stereocenters. The summed E-state index contributed by atoms with van der Waals surface area (Å²) in [5.74, 6) is 1.09. The van der Waals surface area contributed by atoms with Crippen LogP contribution in [0.5, 0.6) is 5.75 Å². The van der Waals surface area contributed by atoms with E-state index in [9.17, 15) is 10.1 Å². The second-order valence-corrected chi connectivity index (χ2v) is 6.98. The van der Waals surface area contributed by atoms with Gasteiger partial charge in [0.25, 0.3) is 0 Å². The van der Waals surface area contributed by atoms with Crippen molar-refractivity contribution in [1.82, 2.24) is 9.97 Å². The van der Waals surface area contributed by atoms with Crippen LogP contribution in [0.2, 0.25) is 0 Å². The lowest BCUT2D eigenvalue weighted by atomic mass is 10.1. The van der Waals surface area contributed by atoms with E-state index in [4.69, 9.17) is 4.74 Å². The summed E-state index contributed by atoms with van der Waals surface area (Å²) in [4.78, 5) is 22.0. The van der Waals surface area contributed by atoms with Gasteiger partial charge in [-0.3, -0.25) is 10.1 Å². The van der Waals surface area contributed by atoms with Crippen molar-refractivity contribution in [2.24, 2.45) is 0 Å². The van der Waals surface area contributed by atoms with Crippen molar-refractivity contribution in [2.75, 3.05) is 23.4 Å². The van der Waals surface area contributed by atoms with Crippen LogP contribution in [0.4, 0.5) is 28.7 Å². The molecular weight excluding hydrogens is 406 g/mol. The summed E-state index contributed by atoms with van der Waals surface area (Å²) in [7, 11) is 0. The maximum absolute atomic E-state index is 12.1. The van der Waals surface area contributed by atoms with Crippen molar-refractivity contribution in [3.8, 4) is 5.75 Å². The lowest BCUT2D eigenvalue weighted by molar-refractivity contribution is -0.383. The Labute approximate surface area is 185 Å². The Kier molecular flexibility index (Phi) is 6.12. The van der Waals surface area contributed by atoms with E-state index in [0.717, 1.165) is 22.2 Å². The quantitative estimate of drug-likeness (QED) is 0.278. The Balaban J connectivity index is 1.77. The van der Waals surface area contributed by atoms with Crippen LogP contribution in [-0.4, -0.2) is 28.0 Å². The zero-order valence-electron chi connectivity index (χ0n) is 17.9. The molecule has 8 heteroatoms. The van der Waals surface area contributed by atoms with Gasteiger partial charge in [0, 0.05) is 17.6 Å². The number of nitrogens with zero attached hydrogens (tertiary/aromatic N) is 4. The van der Waals surface area contributed by atoms with E-state index in [1.165, 1.54) is 6.33 Å². The number of nitro groups is 1. The number of hydrogen-bond acceptors (Lipinski definition) is 7. The number of anilines is 4. The molecule has 4 aromatic rings. The van der Waals surface area contributed by atoms with E-state index in [0.29, 0.717) is 18.8 Å². The highest BCUT2D eigenvalue weighted by Crippen LogP contribution is 2.39. The first-order valence-corrected chi connectivity index (χ1v) is 10.4. The molecule has 0 saturated carbocycles. The first-order chi connectivity index (χ1) is 15.6. The molecule has 0 radical (unpaired) electrons. The maximum Gasteiger partial charge on any atom is 0.354 e. The fourth-order valence-electron chi connectivity index (χ4n) is 3.64. The van der Waals surface area contributed by atoms with Gasteiger partial charge in [-0.05, 0) is 49.6 Å². The van der Waals surface area contributed by atoms with Crippen molar-refractivity contribution in [3.05, 3.63) is 83.2 Å². The molecule has 0 bridgehead atoms. The largest absolute Gasteiger partial charge is 0.494 e. The Morgan fingerprint density at radius 1 is 1.00 bits per heavy atom. The predicted octanol–water partition coefficient (Wildman–Crippen LogP) is 5.84. The minimum Gasteiger partial charge on any atom is -0.494 e. The van der Waals surface area contributed by atoms with Gasteiger partial charge in [-0.2, -0.15) is 0 Å². The molecule has 0 aliphatic carbocycles. The Morgan fingerprint density at radius 3 is 2.47 bits per heavy atom. The topological polar surface area (TPSA) is 93.4 Å². The average Bonchev–Trinajstić information content (AvgIpc) is 2.81. The van der Waals surface area contributed by atoms with Crippen LogP contribution >= 0.6 is 0 Å². The van der Waals surface area contributed by atoms with Crippen LogP contribution in [0.25, 0.3) is 10.8 Å². The molecule has 1 N–H and O–H groups in total. The second kappa shape index (κ2) is 9.30. The Hall–Kier alpha value is -4.20. The van der Waals surface area contributed by atoms with Crippen LogP contribution in [0, 0.1) is 10.1 Å². The first-order valence-electron chi connectivity index (χ1n) is 10.4. The van der Waals surface area contributed by atoms with Gasteiger partial charge in [0.05, 0.1) is 17.2 Å². The smallest absolute Gasteiger partial charge is 0.354 e. The summed E-state index contributed by atoms with van der Waals surface area (Å²) < 4.78 is 5.45. The van der Waals surface area contributed by atoms with Gasteiger partial charge < -0.3 is 15.0 Å². The molecule has 0 saturated heterocycles. The van der Waals surface area contributed by atoms with Crippen LogP contribution in [0.15, 0.2) is 73.1 Å². The van der Waals surface area contributed by atoms with Crippen molar-refractivity contribution in [3.63, 3.8) is 0 Å². The molecule has 0 unspecified atom stereocenters. The van der Waals surface area contributed by atoms with E-state index >= 15 is 0 Å². The van der Waals surface area contributed by atoms with Crippen molar-refractivity contribution in [2.45, 2.75) is 13.8 Å². The highest BCUT2D eigenvalue weighted by Gasteiger charge is 2.28. The van der Waals surface area contributed by atoms with E-state index in [1.807, 2.05) is 61.2 Å². The second-order valence-electron chi connectivity index (χ2n) is 6.98. The van der Waals surface area contributed by atoms with Crippen LogP contribution in [0.1, 0.15) is 13.8 Å². The van der Waals surface area contributed by atoms with Crippen molar-refractivity contribution < 1.29 is 9.66 Å². The standard InChI is InChI=1S/C24H23N5O3/c1-3-28(21-11-7-9-17-8-5-6-10-20(17)21)24-22(29(30)31)23(25-16-26-24)27-18-12-14-19(15-13-18)32-4-2/h5-16H,3-4H2,1-2H3,(H,25,26,27). The minimum atomic E-state index is -0.444. The average molecular weight is 429 g/mol. The molecular formula is C24H23N5O3. The molecule has 0 aliphatic rings. The number of ether oxygens (including phenoxy) is 1. The van der Waals surface area contributed by atoms with Gasteiger partial charge >= 0.3 is 5.69 Å². The molecule has 0 spiro atoms. The summed E-state index contributed by atoms with van der Waals surface area (Å²) in [5, 5.41) is 17.2. The van der Waals surface area contributed by atoms with Crippen molar-refractivity contribution in [1.29, 1.82) is 0 Å². The van der Waals surface area contributed by atoms with Crippen LogP contribution in [-0.2, 0) is 0 Å². The van der Waals surface area contributed by atoms with Gasteiger partial charge in [-0.1, -0.05) is 36.4 Å². The number of aromatic nitrogens is 2. The zero-order chi connectivity index (χ0) is 22.5. The number of rotatable bonds is 8. The summed E-state index contributed by atoms with van der Waals surface area (Å²) in [6.45, 7) is 4.91. The van der Waals surface area contributed by atoms with Gasteiger partial charge in [-0.25, -0.2) is 9.97 Å². The van der Waals surface area contributed by atoms with E-state index in [-0.39, 0.29) is 17.3 Å². The third-order valence-corrected chi connectivity index (χ3v) is 5.04. The monoisotopic (exact) mass is 429 g/mol. The molecule has 3 aromatic carbocycles. The molecule has 4 rings (SSSR count). The van der Waals surface area contributed by atoms with Gasteiger partial charge in [0.1, 0.15) is 12.1 Å². The molecule has 0 aliphatic heterocycles. The first kappa shape index (κ1) is 21.0. The van der Waals surface area contributed by atoms with Gasteiger partial charge in [0.15, 0.2) is 0 Å². The molecule has 162 valence electrons. The lowest BCUT2D eigenvalue weighted by Crippen LogP contribution is -2.20. The van der Waals surface area contributed by atoms with E-state index in [2.05, 4.69) is 15.3 Å². The van der Waals surface area contributed by atoms with Crippen LogP contribution < -0.4 is 15.0 Å². The van der Waals surface area contributed by atoms with Gasteiger partial charge in [0.2, 0.25) is 11.6 Å². The Morgan fingerprint density at radius 2 is 1.75 bits per heavy atom. The molecule has 0 fully saturated rings.